The van der Waals surface area contributed by atoms with Crippen molar-refractivity contribution in [3.63, 3.8) is 0 Å². The van der Waals surface area contributed by atoms with E-state index in [4.69, 9.17) is 9.47 Å². The van der Waals surface area contributed by atoms with Gasteiger partial charge in [0.2, 0.25) is 5.78 Å². The van der Waals surface area contributed by atoms with Crippen molar-refractivity contribution in [2.45, 2.75) is 6.54 Å². The molecule has 0 amide bonds. The maximum atomic E-state index is 12.7. The third-order valence-electron chi connectivity index (χ3n) is 3.03. The van der Waals surface area contributed by atoms with Crippen LogP contribution < -0.4 is 9.47 Å². The minimum atomic E-state index is -0.101. The first-order valence-electron chi connectivity index (χ1n) is 6.48. The van der Waals surface area contributed by atoms with Gasteiger partial charge in [-0.25, -0.2) is 0 Å². The molecular weight excluding hydrogens is 290 g/mol. The van der Waals surface area contributed by atoms with Crippen molar-refractivity contribution in [2.75, 3.05) is 34.9 Å². The highest BCUT2D eigenvalue weighted by Crippen LogP contribution is 2.27. The van der Waals surface area contributed by atoms with Crippen LogP contribution >= 0.6 is 11.3 Å². The molecule has 0 aliphatic heterocycles. The summed E-state index contributed by atoms with van der Waals surface area (Å²) in [5.74, 6) is 1.07. The minimum Gasteiger partial charge on any atom is -0.496 e. The van der Waals surface area contributed by atoms with E-state index in [0.29, 0.717) is 28.6 Å². The van der Waals surface area contributed by atoms with E-state index in [1.807, 2.05) is 19.0 Å². The summed E-state index contributed by atoms with van der Waals surface area (Å²) in [6.45, 7) is 1.42. The second-order valence-corrected chi connectivity index (χ2v) is 5.68. The van der Waals surface area contributed by atoms with Crippen molar-refractivity contribution in [3.8, 4) is 11.5 Å². The molecule has 0 aliphatic rings. The Hall–Kier alpha value is -1.86. The lowest BCUT2D eigenvalue weighted by Crippen LogP contribution is -2.21. The minimum absolute atomic E-state index is 0.101. The van der Waals surface area contributed by atoms with Crippen LogP contribution in [0, 0.1) is 0 Å². The van der Waals surface area contributed by atoms with Crippen LogP contribution in [-0.4, -0.2) is 55.3 Å². The van der Waals surface area contributed by atoms with Gasteiger partial charge in [-0.1, -0.05) is 0 Å². The van der Waals surface area contributed by atoms with Crippen molar-refractivity contribution in [3.05, 3.63) is 28.2 Å². The molecule has 0 aromatic carbocycles. The zero-order chi connectivity index (χ0) is 15.4. The largest absolute Gasteiger partial charge is 0.496 e. The average Bonchev–Trinajstić information content (AvgIpc) is 3.10. The van der Waals surface area contributed by atoms with Crippen LogP contribution in [0.4, 0.5) is 0 Å². The van der Waals surface area contributed by atoms with Gasteiger partial charge in [0.15, 0.2) is 11.4 Å². The highest BCUT2D eigenvalue weighted by Gasteiger charge is 2.22. The summed E-state index contributed by atoms with van der Waals surface area (Å²) in [6, 6.07) is 1.73. The first-order valence-corrected chi connectivity index (χ1v) is 7.36. The average molecular weight is 309 g/mol. The van der Waals surface area contributed by atoms with Crippen molar-refractivity contribution >= 4 is 17.1 Å². The van der Waals surface area contributed by atoms with Crippen molar-refractivity contribution in [1.82, 2.24) is 14.7 Å². The van der Waals surface area contributed by atoms with E-state index in [0.717, 1.165) is 6.54 Å². The highest BCUT2D eigenvalue weighted by atomic mass is 32.1. The third kappa shape index (κ3) is 3.43. The van der Waals surface area contributed by atoms with Crippen molar-refractivity contribution < 1.29 is 14.3 Å². The second-order valence-electron chi connectivity index (χ2n) is 4.77. The molecule has 2 rings (SSSR count). The molecule has 6 nitrogen and oxygen atoms in total. The van der Waals surface area contributed by atoms with Gasteiger partial charge < -0.3 is 14.4 Å². The fourth-order valence-corrected chi connectivity index (χ4v) is 2.67. The Morgan fingerprint density at radius 1 is 1.38 bits per heavy atom. The first-order chi connectivity index (χ1) is 10.1. The van der Waals surface area contributed by atoms with E-state index >= 15 is 0 Å². The number of ketones is 1. The third-order valence-corrected chi connectivity index (χ3v) is 3.94. The molecule has 114 valence electrons. The van der Waals surface area contributed by atoms with Gasteiger partial charge in [0.1, 0.15) is 5.75 Å². The quantitative estimate of drug-likeness (QED) is 0.729. The summed E-state index contributed by atoms with van der Waals surface area (Å²) >= 11 is 1.35. The Bertz CT molecular complexity index is 619. The van der Waals surface area contributed by atoms with E-state index in [1.165, 1.54) is 11.3 Å². The lowest BCUT2D eigenvalue weighted by molar-refractivity contribution is 0.102. The standard InChI is InChI=1S/C14H19N3O3S/c1-16(2)5-6-17-13(11(20-4)8-15-17)14(18)12-7-10(19-3)9-21-12/h7-9H,5-6H2,1-4H3. The fourth-order valence-electron chi connectivity index (χ4n) is 1.87. The SMILES string of the molecule is COc1csc(C(=O)c2c(OC)cnn2CCN(C)C)c1. The number of aromatic nitrogens is 2. The molecule has 2 aromatic heterocycles. The van der Waals surface area contributed by atoms with Crippen molar-refractivity contribution in [1.29, 1.82) is 0 Å². The Morgan fingerprint density at radius 3 is 2.71 bits per heavy atom. The monoisotopic (exact) mass is 309 g/mol. The molecule has 0 spiro atoms. The van der Waals surface area contributed by atoms with Gasteiger partial charge in [-0.05, 0) is 14.1 Å². The molecule has 0 saturated heterocycles. The molecule has 2 aromatic rings. The fraction of sp³-hybridized carbons (Fsp3) is 0.429. The Labute approximate surface area is 127 Å². The number of nitrogens with zero attached hydrogens (tertiary/aromatic N) is 3. The molecule has 0 radical (unpaired) electrons. The molecule has 2 heterocycles. The maximum Gasteiger partial charge on any atom is 0.224 e. The Kier molecular flexibility index (Phi) is 4.98. The number of hydrogen-bond acceptors (Lipinski definition) is 6. The maximum absolute atomic E-state index is 12.7. The highest BCUT2D eigenvalue weighted by molar-refractivity contribution is 7.12. The summed E-state index contributed by atoms with van der Waals surface area (Å²) in [5.41, 5.74) is 0.476. The summed E-state index contributed by atoms with van der Waals surface area (Å²) < 4.78 is 12.1. The Morgan fingerprint density at radius 2 is 2.14 bits per heavy atom. The van der Waals surface area contributed by atoms with E-state index < -0.39 is 0 Å². The molecule has 0 fully saturated rings. The summed E-state index contributed by atoms with van der Waals surface area (Å²) in [6.07, 6.45) is 1.58. The number of likely N-dealkylation sites (N-methyl/N-ethyl adjacent to an activating group) is 1. The molecule has 7 heteroatoms. The number of ether oxygens (including phenoxy) is 2. The summed E-state index contributed by atoms with van der Waals surface area (Å²) in [4.78, 5) is 15.3. The van der Waals surface area contributed by atoms with E-state index in [2.05, 4.69) is 5.10 Å². The van der Waals surface area contributed by atoms with Crippen LogP contribution in [-0.2, 0) is 6.54 Å². The molecule has 0 unspecified atom stereocenters. The second kappa shape index (κ2) is 6.73. The lowest BCUT2D eigenvalue weighted by Gasteiger charge is -2.11. The van der Waals surface area contributed by atoms with Gasteiger partial charge in [-0.15, -0.1) is 11.3 Å². The first kappa shape index (κ1) is 15.5. The van der Waals surface area contributed by atoms with Gasteiger partial charge in [0.05, 0.1) is 31.8 Å². The molecule has 0 N–H and O–H groups in total. The van der Waals surface area contributed by atoms with Crippen molar-refractivity contribution in [2.24, 2.45) is 0 Å². The zero-order valence-corrected chi connectivity index (χ0v) is 13.4. The molecule has 0 saturated carbocycles. The van der Waals surface area contributed by atoms with Gasteiger partial charge in [-0.3, -0.25) is 9.48 Å². The van der Waals surface area contributed by atoms with Gasteiger partial charge >= 0.3 is 0 Å². The van der Waals surface area contributed by atoms with E-state index in [9.17, 15) is 4.79 Å². The number of hydrogen-bond donors (Lipinski definition) is 0. The number of rotatable bonds is 7. The predicted molar refractivity (Wildman–Crippen MR) is 81.6 cm³/mol. The van der Waals surface area contributed by atoms with Crippen LogP contribution in [0.25, 0.3) is 0 Å². The number of carbonyl (C=O) groups excluding carboxylic acids is 1. The molecule has 0 bridgehead atoms. The Balaban J connectivity index is 2.31. The summed E-state index contributed by atoms with van der Waals surface area (Å²) in [7, 11) is 7.08. The van der Waals surface area contributed by atoms with Crippen LogP contribution in [0.15, 0.2) is 17.6 Å². The van der Waals surface area contributed by atoms with Crippen LogP contribution in [0.5, 0.6) is 11.5 Å². The smallest absolute Gasteiger partial charge is 0.224 e. The molecular formula is C14H19N3O3S. The normalized spacial score (nSPS) is 10.9. The molecule has 0 atom stereocenters. The van der Waals surface area contributed by atoms with Crippen LogP contribution in [0.2, 0.25) is 0 Å². The zero-order valence-electron chi connectivity index (χ0n) is 12.6. The van der Waals surface area contributed by atoms with Gasteiger partial charge in [-0.2, -0.15) is 5.10 Å². The van der Waals surface area contributed by atoms with Crippen LogP contribution in [0.1, 0.15) is 15.4 Å². The lowest BCUT2D eigenvalue weighted by atomic mass is 10.2. The number of thiophene rings is 1. The number of carbonyl (C=O) groups is 1. The van der Waals surface area contributed by atoms with E-state index in [-0.39, 0.29) is 5.78 Å². The topological polar surface area (TPSA) is 56.6 Å². The van der Waals surface area contributed by atoms with Gasteiger partial charge in [0, 0.05) is 18.0 Å². The molecule has 0 aliphatic carbocycles. The molecule has 21 heavy (non-hydrogen) atoms. The van der Waals surface area contributed by atoms with E-state index in [1.54, 1.807) is 36.5 Å². The number of methoxy groups -OCH3 is 2. The van der Waals surface area contributed by atoms with Crippen LogP contribution in [0.3, 0.4) is 0 Å². The predicted octanol–water partition coefficient (Wildman–Crippen LogP) is 1.75. The van der Waals surface area contributed by atoms with Gasteiger partial charge in [0.25, 0.3) is 0 Å². The summed E-state index contributed by atoms with van der Waals surface area (Å²) in [5, 5.41) is 6.06.